The number of aliphatic hydroxyl groups is 1. The molecule has 3 amide bonds. The van der Waals surface area contributed by atoms with Crippen LogP contribution in [0.1, 0.15) is 43.5 Å². The summed E-state index contributed by atoms with van der Waals surface area (Å²) < 4.78 is 5.28. The number of hydrogen-bond donors (Lipinski definition) is 4. The Bertz CT molecular complexity index is 1080. The van der Waals surface area contributed by atoms with E-state index in [1.165, 1.54) is 4.90 Å². The molecule has 2 unspecified atom stereocenters. The molecule has 2 rings (SSSR count). The minimum Gasteiger partial charge on any atom is -0.444 e. The van der Waals surface area contributed by atoms with Crippen LogP contribution in [0.2, 0.25) is 0 Å². The summed E-state index contributed by atoms with van der Waals surface area (Å²) in [4.78, 5) is 40.9. The standard InChI is InChI=1S/C27H35N3O5S/c1-6-19-11-9-12-20(16-19)23(24(32)28-21-13-8-7-10-18(21)2)30(14-15-31)25(33)22(17-36)29-26(34)35-27(3,4)5/h6-13,16,22-23,31,36H,1,14-15,17H2,2-5H3,(H,28,32)(H,29,34). The van der Waals surface area contributed by atoms with E-state index in [9.17, 15) is 19.5 Å². The average Bonchev–Trinajstić information content (AvgIpc) is 2.82. The van der Waals surface area contributed by atoms with Crippen LogP contribution < -0.4 is 10.6 Å². The van der Waals surface area contributed by atoms with Crippen LogP contribution in [-0.4, -0.2) is 58.5 Å². The lowest BCUT2D eigenvalue weighted by Gasteiger charge is -2.34. The number of carbonyl (C=O) groups is 3. The van der Waals surface area contributed by atoms with Crippen LogP contribution >= 0.6 is 12.6 Å². The van der Waals surface area contributed by atoms with Gasteiger partial charge in [0.2, 0.25) is 5.91 Å². The first-order valence-corrected chi connectivity index (χ1v) is 12.2. The summed E-state index contributed by atoms with van der Waals surface area (Å²) in [6, 6.07) is 12.2. The molecule has 3 N–H and O–H groups in total. The number of thiol groups is 1. The van der Waals surface area contributed by atoms with Gasteiger partial charge >= 0.3 is 6.09 Å². The zero-order chi connectivity index (χ0) is 26.9. The number of aryl methyl sites for hydroxylation is 1. The Labute approximate surface area is 218 Å². The van der Waals surface area contributed by atoms with Crippen molar-refractivity contribution in [3.05, 3.63) is 71.8 Å². The van der Waals surface area contributed by atoms with Crippen molar-refractivity contribution in [3.63, 3.8) is 0 Å². The minimum absolute atomic E-state index is 0.0428. The highest BCUT2D eigenvalue weighted by Gasteiger charge is 2.36. The van der Waals surface area contributed by atoms with Gasteiger partial charge in [0.1, 0.15) is 17.7 Å². The monoisotopic (exact) mass is 513 g/mol. The van der Waals surface area contributed by atoms with Crippen molar-refractivity contribution in [3.8, 4) is 0 Å². The number of ether oxygens (including phenoxy) is 1. The van der Waals surface area contributed by atoms with Gasteiger partial charge in [0, 0.05) is 18.0 Å². The number of amides is 3. The van der Waals surface area contributed by atoms with Gasteiger partial charge in [-0.1, -0.05) is 49.1 Å². The lowest BCUT2D eigenvalue weighted by molar-refractivity contribution is -0.140. The zero-order valence-corrected chi connectivity index (χ0v) is 22.0. The molecule has 9 heteroatoms. The van der Waals surface area contributed by atoms with Gasteiger partial charge in [0.15, 0.2) is 0 Å². The fourth-order valence-electron chi connectivity index (χ4n) is 3.55. The maximum atomic E-state index is 13.7. The smallest absolute Gasteiger partial charge is 0.408 e. The lowest BCUT2D eigenvalue weighted by Crippen LogP contribution is -2.53. The molecule has 0 saturated carbocycles. The van der Waals surface area contributed by atoms with Crippen molar-refractivity contribution in [2.24, 2.45) is 0 Å². The molecule has 0 saturated heterocycles. The van der Waals surface area contributed by atoms with Crippen molar-refractivity contribution in [2.75, 3.05) is 24.2 Å². The zero-order valence-electron chi connectivity index (χ0n) is 21.2. The Morgan fingerprint density at radius 2 is 1.86 bits per heavy atom. The number of aliphatic hydroxyl groups excluding tert-OH is 1. The first-order valence-electron chi connectivity index (χ1n) is 11.6. The average molecular weight is 514 g/mol. The van der Waals surface area contributed by atoms with E-state index in [1.807, 2.05) is 25.1 Å². The summed E-state index contributed by atoms with van der Waals surface area (Å²) in [7, 11) is 0. The van der Waals surface area contributed by atoms with Crippen LogP contribution in [0.4, 0.5) is 10.5 Å². The second-order valence-corrected chi connectivity index (χ2v) is 9.58. The van der Waals surface area contributed by atoms with E-state index in [1.54, 1.807) is 57.2 Å². The third kappa shape index (κ3) is 8.13. The number of hydrogen-bond acceptors (Lipinski definition) is 6. The molecule has 0 aliphatic rings. The molecule has 0 aromatic heterocycles. The molecule has 194 valence electrons. The van der Waals surface area contributed by atoms with Crippen molar-refractivity contribution < 1.29 is 24.2 Å². The van der Waals surface area contributed by atoms with E-state index in [4.69, 9.17) is 4.74 Å². The summed E-state index contributed by atoms with van der Waals surface area (Å²) in [6.45, 7) is 10.2. The number of para-hydroxylation sites is 1. The van der Waals surface area contributed by atoms with E-state index in [0.717, 1.165) is 11.1 Å². The number of rotatable bonds is 10. The molecule has 0 fully saturated rings. The van der Waals surface area contributed by atoms with E-state index in [-0.39, 0.29) is 12.3 Å². The van der Waals surface area contributed by atoms with E-state index < -0.39 is 42.2 Å². The highest BCUT2D eigenvalue weighted by molar-refractivity contribution is 7.80. The Morgan fingerprint density at radius 3 is 2.44 bits per heavy atom. The van der Waals surface area contributed by atoms with Crippen LogP contribution in [0, 0.1) is 6.92 Å². The third-order valence-corrected chi connectivity index (χ3v) is 5.59. The van der Waals surface area contributed by atoms with Crippen molar-refractivity contribution >= 4 is 42.3 Å². The highest BCUT2D eigenvalue weighted by atomic mass is 32.1. The molecule has 0 aliphatic carbocycles. The molecular weight excluding hydrogens is 478 g/mol. The maximum absolute atomic E-state index is 13.7. The predicted molar refractivity (Wildman–Crippen MR) is 145 cm³/mol. The van der Waals surface area contributed by atoms with Crippen molar-refractivity contribution in [2.45, 2.75) is 45.4 Å². The Morgan fingerprint density at radius 1 is 1.17 bits per heavy atom. The topological polar surface area (TPSA) is 108 Å². The molecule has 0 aliphatic heterocycles. The van der Waals surface area contributed by atoms with Crippen LogP contribution in [0.3, 0.4) is 0 Å². The van der Waals surface area contributed by atoms with Crippen LogP contribution in [0.15, 0.2) is 55.1 Å². The SMILES string of the molecule is C=Cc1cccc(C(C(=O)Nc2ccccc2C)N(CCO)C(=O)C(CS)NC(=O)OC(C)(C)C)c1. The largest absolute Gasteiger partial charge is 0.444 e. The summed E-state index contributed by atoms with van der Waals surface area (Å²) in [5.74, 6) is -1.10. The first kappa shape index (κ1) is 28.9. The van der Waals surface area contributed by atoms with Crippen molar-refractivity contribution in [1.82, 2.24) is 10.2 Å². The van der Waals surface area contributed by atoms with Gasteiger partial charge in [-0.15, -0.1) is 0 Å². The number of nitrogens with one attached hydrogen (secondary N) is 2. The van der Waals surface area contributed by atoms with Gasteiger partial charge in [-0.25, -0.2) is 4.79 Å². The summed E-state index contributed by atoms with van der Waals surface area (Å²) >= 11 is 4.24. The quantitative estimate of drug-likeness (QED) is 0.360. The number of carbonyl (C=O) groups excluding carboxylic acids is 3. The molecule has 2 aromatic carbocycles. The first-order chi connectivity index (χ1) is 17.0. The van der Waals surface area contributed by atoms with E-state index in [2.05, 4.69) is 29.8 Å². The summed E-state index contributed by atoms with van der Waals surface area (Å²) in [5, 5.41) is 15.2. The number of alkyl carbamates (subject to hydrolysis) is 1. The molecule has 0 bridgehead atoms. The Kier molecular flexibility index (Phi) is 10.6. The van der Waals surface area contributed by atoms with Gasteiger partial charge in [-0.05, 0) is 56.5 Å². The fraction of sp³-hybridized carbons (Fsp3) is 0.370. The molecular formula is C27H35N3O5S. The minimum atomic E-state index is -1.10. The summed E-state index contributed by atoms with van der Waals surface area (Å²) in [6.07, 6.45) is 0.854. The summed E-state index contributed by atoms with van der Waals surface area (Å²) in [5.41, 5.74) is 1.97. The molecule has 0 radical (unpaired) electrons. The molecule has 8 nitrogen and oxygen atoms in total. The van der Waals surface area contributed by atoms with Gasteiger partial charge in [0.25, 0.3) is 5.91 Å². The van der Waals surface area contributed by atoms with E-state index >= 15 is 0 Å². The molecule has 2 atom stereocenters. The van der Waals surface area contributed by atoms with Crippen molar-refractivity contribution in [1.29, 1.82) is 0 Å². The lowest BCUT2D eigenvalue weighted by atomic mass is 10.00. The van der Waals surface area contributed by atoms with Gasteiger partial charge in [-0.2, -0.15) is 12.6 Å². The highest BCUT2D eigenvalue weighted by Crippen LogP contribution is 2.26. The van der Waals surface area contributed by atoms with E-state index in [0.29, 0.717) is 11.3 Å². The fourth-order valence-corrected chi connectivity index (χ4v) is 3.80. The van der Waals surface area contributed by atoms with Gasteiger partial charge in [0.05, 0.1) is 6.61 Å². The van der Waals surface area contributed by atoms with Gasteiger partial charge < -0.3 is 25.4 Å². The van der Waals surface area contributed by atoms with Crippen LogP contribution in [-0.2, 0) is 14.3 Å². The second kappa shape index (κ2) is 13.1. The molecule has 2 aromatic rings. The van der Waals surface area contributed by atoms with Crippen LogP contribution in [0.5, 0.6) is 0 Å². The second-order valence-electron chi connectivity index (χ2n) is 9.22. The predicted octanol–water partition coefficient (Wildman–Crippen LogP) is 3.96. The van der Waals surface area contributed by atoms with Crippen LogP contribution in [0.25, 0.3) is 6.08 Å². The number of anilines is 1. The Hall–Kier alpha value is -3.30. The maximum Gasteiger partial charge on any atom is 0.408 e. The molecule has 0 spiro atoms. The molecule has 36 heavy (non-hydrogen) atoms. The normalized spacial score (nSPS) is 12.7. The molecule has 0 heterocycles. The number of nitrogens with zero attached hydrogens (tertiary/aromatic N) is 1. The van der Waals surface area contributed by atoms with Gasteiger partial charge in [-0.3, -0.25) is 9.59 Å². The Balaban J connectivity index is 2.48. The third-order valence-electron chi connectivity index (χ3n) is 5.22. The number of benzene rings is 2.